The lowest BCUT2D eigenvalue weighted by atomic mass is 10.1. The second kappa shape index (κ2) is 9.39. The number of hydrogen-bond acceptors (Lipinski definition) is 5. The molecule has 2 aromatic carbocycles. The van der Waals surface area contributed by atoms with Crippen molar-refractivity contribution in [3.63, 3.8) is 0 Å². The van der Waals surface area contributed by atoms with Crippen LogP contribution in [0.4, 0.5) is 8.78 Å². The highest BCUT2D eigenvalue weighted by molar-refractivity contribution is 5.96. The maximum atomic E-state index is 13.0. The van der Waals surface area contributed by atoms with E-state index in [0.29, 0.717) is 23.6 Å². The van der Waals surface area contributed by atoms with E-state index in [1.807, 2.05) is 6.92 Å². The summed E-state index contributed by atoms with van der Waals surface area (Å²) in [5, 5.41) is 3.90. The molecule has 0 atom stereocenters. The third-order valence-corrected chi connectivity index (χ3v) is 4.59. The van der Waals surface area contributed by atoms with Crippen LogP contribution in [0, 0.1) is 13.8 Å². The molecule has 1 heterocycles. The summed E-state index contributed by atoms with van der Waals surface area (Å²) < 4.78 is 39.9. The van der Waals surface area contributed by atoms with E-state index in [9.17, 15) is 13.6 Å². The first kappa shape index (κ1) is 21.3. The van der Waals surface area contributed by atoms with E-state index < -0.39 is 6.61 Å². The molecule has 8 heteroatoms. The maximum absolute atomic E-state index is 13.0. The van der Waals surface area contributed by atoms with Crippen molar-refractivity contribution >= 4 is 5.91 Å². The number of aromatic nitrogens is 1. The van der Waals surface area contributed by atoms with Gasteiger partial charge in [0.15, 0.2) is 0 Å². The summed E-state index contributed by atoms with van der Waals surface area (Å²) in [7, 11) is 1.66. The van der Waals surface area contributed by atoms with Crippen molar-refractivity contribution in [1.29, 1.82) is 0 Å². The van der Waals surface area contributed by atoms with Crippen LogP contribution in [0.5, 0.6) is 11.5 Å². The SMILES string of the molecule is Cc1noc(C)c1COc1ccccc1C(=O)N(C)Cc1ccc(OC(F)F)cc1. The van der Waals surface area contributed by atoms with Gasteiger partial charge in [-0.05, 0) is 43.7 Å². The number of para-hydroxylation sites is 1. The molecule has 0 spiro atoms. The Morgan fingerprint density at radius 1 is 1.13 bits per heavy atom. The first-order chi connectivity index (χ1) is 14.3. The number of carbonyl (C=O) groups is 1. The molecule has 3 rings (SSSR count). The molecule has 0 aliphatic rings. The molecule has 158 valence electrons. The first-order valence-electron chi connectivity index (χ1n) is 9.28. The molecule has 0 bridgehead atoms. The molecule has 0 aliphatic carbocycles. The number of benzene rings is 2. The Morgan fingerprint density at radius 2 is 1.83 bits per heavy atom. The number of nitrogens with zero attached hydrogens (tertiary/aromatic N) is 2. The number of hydrogen-bond donors (Lipinski definition) is 0. The van der Waals surface area contributed by atoms with Crippen LogP contribution >= 0.6 is 0 Å². The van der Waals surface area contributed by atoms with E-state index in [1.54, 1.807) is 50.4 Å². The second-order valence-corrected chi connectivity index (χ2v) is 6.77. The number of amides is 1. The van der Waals surface area contributed by atoms with Crippen LogP contribution in [0.25, 0.3) is 0 Å². The monoisotopic (exact) mass is 416 g/mol. The standard InChI is InChI=1S/C22H22F2N2O4/c1-14-19(15(2)30-25-14)13-28-20-7-5-4-6-18(20)21(27)26(3)12-16-8-10-17(11-9-16)29-22(23)24/h4-11,22H,12-13H2,1-3H3. The Hall–Kier alpha value is -3.42. The highest BCUT2D eigenvalue weighted by atomic mass is 19.3. The largest absolute Gasteiger partial charge is 0.488 e. The Labute approximate surface area is 173 Å². The summed E-state index contributed by atoms with van der Waals surface area (Å²) in [5.74, 6) is 0.973. The van der Waals surface area contributed by atoms with Gasteiger partial charge >= 0.3 is 6.61 Å². The summed E-state index contributed by atoms with van der Waals surface area (Å²) in [6, 6.07) is 13.2. The van der Waals surface area contributed by atoms with Gasteiger partial charge < -0.3 is 18.9 Å². The molecule has 3 aromatic rings. The molecule has 0 unspecified atom stereocenters. The molecule has 1 amide bonds. The zero-order valence-electron chi connectivity index (χ0n) is 16.9. The van der Waals surface area contributed by atoms with Gasteiger partial charge in [0.25, 0.3) is 5.91 Å². The average Bonchev–Trinajstić information content (AvgIpc) is 3.04. The molecule has 0 saturated heterocycles. The number of aryl methyl sites for hydroxylation is 2. The van der Waals surface area contributed by atoms with E-state index in [0.717, 1.165) is 16.8 Å². The van der Waals surface area contributed by atoms with Crippen molar-refractivity contribution in [2.24, 2.45) is 0 Å². The van der Waals surface area contributed by atoms with Gasteiger partial charge in [-0.25, -0.2) is 0 Å². The number of alkyl halides is 2. The zero-order chi connectivity index (χ0) is 21.7. The predicted molar refractivity (Wildman–Crippen MR) is 106 cm³/mol. The lowest BCUT2D eigenvalue weighted by molar-refractivity contribution is -0.0498. The van der Waals surface area contributed by atoms with E-state index in [2.05, 4.69) is 9.89 Å². The van der Waals surface area contributed by atoms with Crippen molar-refractivity contribution in [3.05, 3.63) is 76.7 Å². The topological polar surface area (TPSA) is 64.8 Å². The molecule has 0 aliphatic heterocycles. The van der Waals surface area contributed by atoms with Crippen LogP contribution in [0.1, 0.15) is 32.9 Å². The quantitative estimate of drug-likeness (QED) is 0.531. The van der Waals surface area contributed by atoms with Gasteiger partial charge in [0, 0.05) is 13.6 Å². The number of halogens is 2. The van der Waals surface area contributed by atoms with Gasteiger partial charge in [0.05, 0.1) is 16.8 Å². The minimum atomic E-state index is -2.87. The third kappa shape index (κ3) is 5.14. The summed E-state index contributed by atoms with van der Waals surface area (Å²) in [6.45, 7) is 1.30. The highest BCUT2D eigenvalue weighted by Gasteiger charge is 2.18. The van der Waals surface area contributed by atoms with Crippen LogP contribution in [-0.2, 0) is 13.2 Å². The highest BCUT2D eigenvalue weighted by Crippen LogP contribution is 2.23. The second-order valence-electron chi connectivity index (χ2n) is 6.77. The van der Waals surface area contributed by atoms with Crippen LogP contribution in [0.2, 0.25) is 0 Å². The van der Waals surface area contributed by atoms with E-state index >= 15 is 0 Å². The molecule has 0 radical (unpaired) electrons. The van der Waals surface area contributed by atoms with Gasteiger partial charge in [-0.3, -0.25) is 4.79 Å². The summed E-state index contributed by atoms with van der Waals surface area (Å²) in [6.07, 6.45) is 0. The Balaban J connectivity index is 1.68. The molecule has 30 heavy (non-hydrogen) atoms. The van der Waals surface area contributed by atoms with Crippen LogP contribution in [0.15, 0.2) is 53.1 Å². The van der Waals surface area contributed by atoms with Gasteiger partial charge in [0.1, 0.15) is 23.9 Å². The van der Waals surface area contributed by atoms with Crippen molar-refractivity contribution < 1.29 is 27.6 Å². The van der Waals surface area contributed by atoms with Crippen LogP contribution in [-0.4, -0.2) is 29.6 Å². The summed E-state index contributed by atoms with van der Waals surface area (Å²) >= 11 is 0. The normalized spacial score (nSPS) is 10.9. The van der Waals surface area contributed by atoms with Gasteiger partial charge in [0.2, 0.25) is 0 Å². The molecular weight excluding hydrogens is 394 g/mol. The van der Waals surface area contributed by atoms with E-state index in [-0.39, 0.29) is 18.3 Å². The Kier molecular flexibility index (Phi) is 6.66. The maximum Gasteiger partial charge on any atom is 0.387 e. The number of ether oxygens (including phenoxy) is 2. The van der Waals surface area contributed by atoms with Crippen molar-refractivity contribution in [2.45, 2.75) is 33.6 Å². The zero-order valence-corrected chi connectivity index (χ0v) is 16.9. The van der Waals surface area contributed by atoms with Crippen molar-refractivity contribution in [3.8, 4) is 11.5 Å². The van der Waals surface area contributed by atoms with Crippen molar-refractivity contribution in [1.82, 2.24) is 10.1 Å². The minimum Gasteiger partial charge on any atom is -0.488 e. The van der Waals surface area contributed by atoms with Gasteiger partial charge in [-0.2, -0.15) is 8.78 Å². The molecular formula is C22H22F2N2O4. The molecule has 0 N–H and O–H groups in total. The molecule has 0 saturated carbocycles. The smallest absolute Gasteiger partial charge is 0.387 e. The van der Waals surface area contributed by atoms with Crippen molar-refractivity contribution in [2.75, 3.05) is 7.05 Å². The minimum absolute atomic E-state index is 0.0702. The number of carbonyl (C=O) groups excluding carboxylic acids is 1. The average molecular weight is 416 g/mol. The summed E-state index contributed by atoms with van der Waals surface area (Å²) in [5.41, 5.74) is 2.79. The fourth-order valence-corrected chi connectivity index (χ4v) is 2.95. The molecule has 0 fully saturated rings. The van der Waals surface area contributed by atoms with Crippen LogP contribution in [0.3, 0.4) is 0 Å². The van der Waals surface area contributed by atoms with Gasteiger partial charge in [-0.15, -0.1) is 0 Å². The van der Waals surface area contributed by atoms with Gasteiger partial charge in [-0.1, -0.05) is 29.4 Å². The molecule has 1 aromatic heterocycles. The molecule has 6 nitrogen and oxygen atoms in total. The lowest BCUT2D eigenvalue weighted by Crippen LogP contribution is -2.26. The number of rotatable bonds is 8. The lowest BCUT2D eigenvalue weighted by Gasteiger charge is -2.19. The fourth-order valence-electron chi connectivity index (χ4n) is 2.95. The fraction of sp³-hybridized carbons (Fsp3) is 0.273. The first-order valence-corrected chi connectivity index (χ1v) is 9.28. The predicted octanol–water partition coefficient (Wildman–Crippen LogP) is 4.74. The third-order valence-electron chi connectivity index (χ3n) is 4.59. The van der Waals surface area contributed by atoms with Crippen LogP contribution < -0.4 is 9.47 Å². The Bertz CT molecular complexity index is 983. The summed E-state index contributed by atoms with van der Waals surface area (Å²) in [4.78, 5) is 14.5. The van der Waals surface area contributed by atoms with E-state index in [1.165, 1.54) is 17.0 Å². The Morgan fingerprint density at radius 3 is 2.47 bits per heavy atom. The van der Waals surface area contributed by atoms with E-state index in [4.69, 9.17) is 9.26 Å².